The lowest BCUT2D eigenvalue weighted by Gasteiger charge is -2.08. The van der Waals surface area contributed by atoms with Gasteiger partial charge in [-0.2, -0.15) is 0 Å². The second kappa shape index (κ2) is 8.46. The molecule has 2 aromatic heterocycles. The van der Waals surface area contributed by atoms with Gasteiger partial charge < -0.3 is 9.84 Å². The normalized spacial score (nSPS) is 11.0. The van der Waals surface area contributed by atoms with Crippen LogP contribution in [-0.2, 0) is 17.9 Å². The van der Waals surface area contributed by atoms with Crippen LogP contribution in [0.5, 0.6) is 0 Å². The maximum atomic E-state index is 13.1. The highest BCUT2D eigenvalue weighted by Gasteiger charge is 2.16. The Morgan fingerprint density at radius 2 is 2.00 bits per heavy atom. The maximum Gasteiger partial charge on any atom is 0.299 e. The zero-order valence-electron chi connectivity index (χ0n) is 15.6. The quantitative estimate of drug-likeness (QED) is 0.509. The molecule has 0 saturated heterocycles. The molecule has 0 unspecified atom stereocenters. The Labute approximate surface area is 175 Å². The predicted molar refractivity (Wildman–Crippen MR) is 109 cm³/mol. The van der Waals surface area contributed by atoms with Gasteiger partial charge in [0.15, 0.2) is 0 Å². The second-order valence-corrected chi connectivity index (χ2v) is 6.99. The van der Waals surface area contributed by atoms with E-state index in [-0.39, 0.29) is 36.0 Å². The van der Waals surface area contributed by atoms with Gasteiger partial charge in [0, 0.05) is 30.1 Å². The molecule has 9 heteroatoms. The van der Waals surface area contributed by atoms with Gasteiger partial charge in [0.2, 0.25) is 5.91 Å². The molecule has 4 rings (SSSR count). The highest BCUT2D eigenvalue weighted by atomic mass is 35.5. The van der Waals surface area contributed by atoms with Crippen LogP contribution < -0.4 is 10.9 Å². The van der Waals surface area contributed by atoms with Crippen LogP contribution >= 0.6 is 11.6 Å². The molecule has 2 heterocycles. The minimum absolute atomic E-state index is 0.0369. The Hall–Kier alpha value is -3.52. The summed E-state index contributed by atoms with van der Waals surface area (Å²) in [6.07, 6.45) is 1.42. The van der Waals surface area contributed by atoms with Crippen molar-refractivity contribution in [2.75, 3.05) is 0 Å². The molecule has 0 atom stereocenters. The fourth-order valence-corrected chi connectivity index (χ4v) is 3.20. The number of aromatic nitrogens is 3. The maximum absolute atomic E-state index is 13.1. The van der Waals surface area contributed by atoms with Crippen molar-refractivity contribution < 1.29 is 13.7 Å². The van der Waals surface area contributed by atoms with E-state index in [1.54, 1.807) is 0 Å². The van der Waals surface area contributed by atoms with E-state index in [0.29, 0.717) is 16.8 Å². The van der Waals surface area contributed by atoms with Crippen molar-refractivity contribution in [3.63, 3.8) is 0 Å². The molecule has 4 aromatic rings. The molecule has 152 valence electrons. The van der Waals surface area contributed by atoms with Crippen molar-refractivity contribution in [2.24, 2.45) is 0 Å². The van der Waals surface area contributed by atoms with E-state index in [1.807, 2.05) is 30.3 Å². The van der Waals surface area contributed by atoms with Crippen molar-refractivity contribution in [3.8, 4) is 11.3 Å². The van der Waals surface area contributed by atoms with Gasteiger partial charge >= 0.3 is 0 Å². The zero-order valence-corrected chi connectivity index (χ0v) is 16.4. The van der Waals surface area contributed by atoms with Gasteiger partial charge in [-0.05, 0) is 17.7 Å². The number of aryl methyl sites for hydroxylation is 1. The third-order valence-electron chi connectivity index (χ3n) is 4.57. The molecule has 1 N–H and O–H groups in total. The zero-order chi connectivity index (χ0) is 21.1. The van der Waals surface area contributed by atoms with Crippen LogP contribution in [-0.4, -0.2) is 20.6 Å². The number of nitrogens with one attached hydrogen (secondary N) is 1. The van der Waals surface area contributed by atoms with Crippen molar-refractivity contribution in [1.82, 2.24) is 20.0 Å². The summed E-state index contributed by atoms with van der Waals surface area (Å²) < 4.78 is 19.6. The van der Waals surface area contributed by atoms with Gasteiger partial charge in [-0.15, -0.1) is 0 Å². The van der Waals surface area contributed by atoms with E-state index in [2.05, 4.69) is 15.5 Å². The molecule has 1 amide bonds. The third-order valence-corrected chi connectivity index (χ3v) is 4.92. The van der Waals surface area contributed by atoms with Crippen LogP contribution in [0.3, 0.4) is 0 Å². The highest BCUT2D eigenvalue weighted by molar-refractivity contribution is 6.31. The van der Waals surface area contributed by atoms with E-state index in [1.165, 1.54) is 29.1 Å². The minimum Gasteiger partial charge on any atom is -0.352 e. The fraction of sp³-hybridized carbons (Fsp3) is 0.143. The summed E-state index contributed by atoms with van der Waals surface area (Å²) in [5.41, 5.74) is 1.88. The summed E-state index contributed by atoms with van der Waals surface area (Å²) in [7, 11) is 0. The van der Waals surface area contributed by atoms with Crippen molar-refractivity contribution in [1.29, 1.82) is 0 Å². The summed E-state index contributed by atoms with van der Waals surface area (Å²) in [5.74, 6) is -0.731. The number of hydrogen-bond donors (Lipinski definition) is 1. The first-order chi connectivity index (χ1) is 14.5. The fourth-order valence-electron chi connectivity index (χ4n) is 2.97. The van der Waals surface area contributed by atoms with Gasteiger partial charge in [-0.25, -0.2) is 9.37 Å². The van der Waals surface area contributed by atoms with Crippen LogP contribution in [0.1, 0.15) is 12.0 Å². The van der Waals surface area contributed by atoms with Crippen molar-refractivity contribution in [3.05, 3.63) is 81.6 Å². The third kappa shape index (κ3) is 4.08. The number of carbonyl (C=O) groups excluding carboxylic acids is 1. The number of rotatable bonds is 6. The number of fused-ring (bicyclic) bond motifs is 1. The minimum atomic E-state index is -0.444. The summed E-state index contributed by atoms with van der Waals surface area (Å²) in [5, 5.41) is 6.90. The summed E-state index contributed by atoms with van der Waals surface area (Å²) >= 11 is 5.95. The van der Waals surface area contributed by atoms with Crippen LogP contribution in [0.4, 0.5) is 4.39 Å². The van der Waals surface area contributed by atoms with Crippen LogP contribution in [0.15, 0.2) is 64.2 Å². The number of halogens is 2. The SMILES string of the molecule is O=C(CCn1cnc2c(-c3ccccc3)noc2c1=O)NCc1ccc(F)cc1Cl. The average Bonchev–Trinajstić information content (AvgIpc) is 3.18. The highest BCUT2D eigenvalue weighted by Crippen LogP contribution is 2.24. The Morgan fingerprint density at radius 1 is 1.20 bits per heavy atom. The lowest BCUT2D eigenvalue weighted by molar-refractivity contribution is -0.121. The Bertz CT molecular complexity index is 1270. The molecule has 0 aliphatic heterocycles. The number of nitrogens with zero attached hydrogens (tertiary/aromatic N) is 3. The molecule has 0 saturated carbocycles. The first-order valence-electron chi connectivity index (χ1n) is 9.14. The molecule has 30 heavy (non-hydrogen) atoms. The molecule has 0 fully saturated rings. The number of hydrogen-bond acceptors (Lipinski definition) is 5. The largest absolute Gasteiger partial charge is 0.352 e. The van der Waals surface area contributed by atoms with E-state index in [4.69, 9.17) is 16.1 Å². The smallest absolute Gasteiger partial charge is 0.299 e. The Morgan fingerprint density at radius 3 is 2.77 bits per heavy atom. The van der Waals surface area contributed by atoms with Crippen LogP contribution in [0.25, 0.3) is 22.4 Å². The lowest BCUT2D eigenvalue weighted by Crippen LogP contribution is -2.27. The molecule has 2 aromatic carbocycles. The topological polar surface area (TPSA) is 90.0 Å². The van der Waals surface area contributed by atoms with Gasteiger partial charge in [0.1, 0.15) is 17.0 Å². The Kier molecular flexibility index (Phi) is 5.58. The molecular formula is C21H16ClFN4O3. The molecule has 7 nitrogen and oxygen atoms in total. The molecule has 0 spiro atoms. The monoisotopic (exact) mass is 426 g/mol. The van der Waals surface area contributed by atoms with Gasteiger partial charge in [0.05, 0.1) is 6.33 Å². The molecule has 0 aliphatic carbocycles. The van der Waals surface area contributed by atoms with E-state index in [0.717, 1.165) is 5.56 Å². The average molecular weight is 427 g/mol. The first-order valence-corrected chi connectivity index (χ1v) is 9.51. The van der Waals surface area contributed by atoms with E-state index >= 15 is 0 Å². The standard InChI is InChI=1S/C21H16ClFN4O3/c22-16-10-15(23)7-6-14(16)11-24-17(28)8-9-27-12-25-19-18(13-4-2-1-3-5-13)26-30-20(19)21(27)29/h1-7,10,12H,8-9,11H2,(H,24,28). The van der Waals surface area contributed by atoms with E-state index in [9.17, 15) is 14.0 Å². The summed E-state index contributed by atoms with van der Waals surface area (Å²) in [4.78, 5) is 29.1. The van der Waals surface area contributed by atoms with Gasteiger partial charge in [0.25, 0.3) is 11.1 Å². The molecular weight excluding hydrogens is 411 g/mol. The molecule has 0 radical (unpaired) electrons. The summed E-state index contributed by atoms with van der Waals surface area (Å²) in [6.45, 7) is 0.277. The van der Waals surface area contributed by atoms with Crippen LogP contribution in [0, 0.1) is 5.82 Å². The number of amides is 1. The Balaban J connectivity index is 1.43. The van der Waals surface area contributed by atoms with Gasteiger partial charge in [-0.3, -0.25) is 14.2 Å². The van der Waals surface area contributed by atoms with E-state index < -0.39 is 11.4 Å². The first kappa shape index (κ1) is 19.8. The van der Waals surface area contributed by atoms with Crippen molar-refractivity contribution >= 4 is 28.6 Å². The van der Waals surface area contributed by atoms with Crippen molar-refractivity contribution in [2.45, 2.75) is 19.5 Å². The predicted octanol–water partition coefficient (Wildman–Crippen LogP) is 3.55. The van der Waals surface area contributed by atoms with Crippen LogP contribution in [0.2, 0.25) is 5.02 Å². The second-order valence-electron chi connectivity index (χ2n) is 6.58. The lowest BCUT2D eigenvalue weighted by atomic mass is 10.1. The number of benzene rings is 2. The molecule has 0 aliphatic rings. The molecule has 0 bridgehead atoms. The van der Waals surface area contributed by atoms with Gasteiger partial charge in [-0.1, -0.05) is 53.2 Å². The summed E-state index contributed by atoms with van der Waals surface area (Å²) in [6, 6.07) is 13.3. The number of carbonyl (C=O) groups is 1.